The summed E-state index contributed by atoms with van der Waals surface area (Å²) < 4.78 is 11.8. The number of carbonyl (C=O) groups excluding carboxylic acids is 4. The highest BCUT2D eigenvalue weighted by molar-refractivity contribution is 5.90. The van der Waals surface area contributed by atoms with Gasteiger partial charge in [0.2, 0.25) is 23.6 Å². The Morgan fingerprint density at radius 2 is 1.37 bits per heavy atom. The Kier molecular flexibility index (Phi) is 23.2. The van der Waals surface area contributed by atoms with E-state index in [1.165, 1.54) is 14.2 Å². The molecule has 0 aliphatic heterocycles. The van der Waals surface area contributed by atoms with Crippen molar-refractivity contribution in [2.24, 2.45) is 23.7 Å². The number of benzene rings is 2. The number of amides is 4. The van der Waals surface area contributed by atoms with Crippen LogP contribution in [0.2, 0.25) is 0 Å². The van der Waals surface area contributed by atoms with E-state index in [1.54, 1.807) is 23.8 Å². The number of hydrogen-bond acceptors (Lipinski definition) is 9. The molecule has 0 radical (unpaired) electrons. The van der Waals surface area contributed by atoms with Crippen molar-refractivity contribution in [2.75, 3.05) is 60.3 Å². The SMILES string of the molecule is CCCN(C[C@H](OC)[C@@H](C)C(=O)N[C@@H](Cc1ccccc1)C(=O)O)C(=O)C[C@@H](OC)[C@H]([C@@H](C)CC)N(C)C(=O)C(NC(=O)[C@H](C(C)C)N(C)CCc1ccc(NC)cc1)C(C)C. The molecule has 0 saturated heterocycles. The number of aliphatic carboxylic acids is 1. The number of carbonyl (C=O) groups is 5. The maximum Gasteiger partial charge on any atom is 0.326 e. The van der Waals surface area contributed by atoms with E-state index in [0.29, 0.717) is 25.9 Å². The lowest BCUT2D eigenvalue weighted by Crippen LogP contribution is -2.60. The van der Waals surface area contributed by atoms with Crippen molar-refractivity contribution in [3.05, 3.63) is 65.7 Å². The van der Waals surface area contributed by atoms with Crippen LogP contribution in [0.5, 0.6) is 0 Å². The predicted molar refractivity (Wildman–Crippen MR) is 246 cm³/mol. The number of nitrogens with zero attached hydrogens (tertiary/aromatic N) is 3. The third-order valence-electron chi connectivity index (χ3n) is 12.1. The van der Waals surface area contributed by atoms with Crippen LogP contribution in [0.25, 0.3) is 0 Å². The minimum atomic E-state index is -1.15. The van der Waals surface area contributed by atoms with Crippen molar-refractivity contribution in [1.29, 1.82) is 0 Å². The fraction of sp³-hybridized carbons (Fsp3) is 0.646. The molecule has 2 aromatic carbocycles. The summed E-state index contributed by atoms with van der Waals surface area (Å²) in [5.74, 6) is -3.47. The van der Waals surface area contributed by atoms with E-state index in [1.807, 2.05) is 110 Å². The van der Waals surface area contributed by atoms with Crippen molar-refractivity contribution in [3.63, 3.8) is 0 Å². The van der Waals surface area contributed by atoms with Gasteiger partial charge in [-0.3, -0.25) is 24.1 Å². The Bertz CT molecular complexity index is 1680. The first-order valence-corrected chi connectivity index (χ1v) is 22.3. The Balaban J connectivity index is 2.26. The summed E-state index contributed by atoms with van der Waals surface area (Å²) in [6, 6.07) is 14.4. The van der Waals surface area contributed by atoms with Crippen LogP contribution >= 0.6 is 0 Å². The smallest absolute Gasteiger partial charge is 0.326 e. The summed E-state index contributed by atoms with van der Waals surface area (Å²) in [5.41, 5.74) is 2.97. The molecule has 4 N–H and O–H groups in total. The van der Waals surface area contributed by atoms with Gasteiger partial charge in [0.05, 0.1) is 36.6 Å². The lowest BCUT2D eigenvalue weighted by molar-refractivity contribution is -0.147. The highest BCUT2D eigenvalue weighted by Gasteiger charge is 2.40. The first kappa shape index (κ1) is 53.6. The number of carboxylic acid groups (broad SMARTS) is 1. The molecule has 14 nitrogen and oxygen atoms in total. The zero-order valence-electron chi connectivity index (χ0n) is 39.8. The molecule has 0 aromatic heterocycles. The molecular weight excluding hydrogens is 789 g/mol. The van der Waals surface area contributed by atoms with Gasteiger partial charge in [0.1, 0.15) is 12.1 Å². The second kappa shape index (κ2) is 26.8. The average Bonchev–Trinajstić information content (AvgIpc) is 3.25. The number of likely N-dealkylation sites (N-methyl/N-ethyl adjacent to an activating group) is 2. The second-order valence-electron chi connectivity index (χ2n) is 17.4. The van der Waals surface area contributed by atoms with Gasteiger partial charge in [-0.2, -0.15) is 0 Å². The number of methoxy groups -OCH3 is 2. The van der Waals surface area contributed by atoms with Gasteiger partial charge in [-0.1, -0.05) is 104 Å². The molecule has 14 heteroatoms. The predicted octanol–water partition coefficient (Wildman–Crippen LogP) is 5.35. The van der Waals surface area contributed by atoms with Crippen LogP contribution < -0.4 is 16.0 Å². The van der Waals surface area contributed by atoms with Crippen LogP contribution in [0.1, 0.15) is 85.8 Å². The molecule has 0 bridgehead atoms. The molecule has 4 amide bonds. The lowest BCUT2D eigenvalue weighted by Gasteiger charge is -2.41. The van der Waals surface area contributed by atoms with Crippen LogP contribution in [0, 0.1) is 23.7 Å². The van der Waals surface area contributed by atoms with E-state index in [4.69, 9.17) is 9.47 Å². The van der Waals surface area contributed by atoms with Gasteiger partial charge in [-0.25, -0.2) is 4.79 Å². The largest absolute Gasteiger partial charge is 0.480 e. The van der Waals surface area contributed by atoms with E-state index in [-0.39, 0.29) is 54.9 Å². The Labute approximate surface area is 371 Å². The third-order valence-corrected chi connectivity index (χ3v) is 12.1. The summed E-state index contributed by atoms with van der Waals surface area (Å²) in [4.78, 5) is 73.8. The Hall–Kier alpha value is -4.53. The van der Waals surface area contributed by atoms with Crippen LogP contribution in [0.3, 0.4) is 0 Å². The minimum Gasteiger partial charge on any atom is -0.480 e. The summed E-state index contributed by atoms with van der Waals surface area (Å²) in [6.07, 6.45) is 0.743. The van der Waals surface area contributed by atoms with E-state index in [9.17, 15) is 29.1 Å². The molecule has 0 aliphatic rings. The molecule has 62 heavy (non-hydrogen) atoms. The van der Waals surface area contributed by atoms with Gasteiger partial charge in [-0.05, 0) is 60.9 Å². The quantitative estimate of drug-likeness (QED) is 0.0876. The number of rotatable bonds is 28. The van der Waals surface area contributed by atoms with Gasteiger partial charge < -0.3 is 40.3 Å². The topological polar surface area (TPSA) is 170 Å². The summed E-state index contributed by atoms with van der Waals surface area (Å²) in [6.45, 7) is 16.6. The molecule has 8 atom stereocenters. The first-order valence-electron chi connectivity index (χ1n) is 22.3. The second-order valence-corrected chi connectivity index (χ2v) is 17.4. The summed E-state index contributed by atoms with van der Waals surface area (Å²) >= 11 is 0. The van der Waals surface area contributed by atoms with Crippen molar-refractivity contribution in [3.8, 4) is 0 Å². The van der Waals surface area contributed by atoms with Gasteiger partial charge in [-0.15, -0.1) is 0 Å². The number of carboxylic acids is 1. The third kappa shape index (κ3) is 16.0. The molecule has 0 spiro atoms. The van der Waals surface area contributed by atoms with Gasteiger partial charge in [0, 0.05) is 60.1 Å². The molecule has 348 valence electrons. The summed E-state index contributed by atoms with van der Waals surface area (Å²) in [7, 11) is 8.55. The zero-order chi connectivity index (χ0) is 46.7. The van der Waals surface area contributed by atoms with Crippen molar-refractivity contribution >= 4 is 35.3 Å². The maximum atomic E-state index is 14.5. The molecule has 0 fully saturated rings. The van der Waals surface area contributed by atoms with Crippen molar-refractivity contribution < 1.29 is 38.6 Å². The van der Waals surface area contributed by atoms with Gasteiger partial charge in [0.25, 0.3) is 0 Å². The lowest BCUT2D eigenvalue weighted by atomic mass is 9.89. The molecule has 0 heterocycles. The highest BCUT2D eigenvalue weighted by atomic mass is 16.5. The average molecular weight is 867 g/mol. The monoisotopic (exact) mass is 867 g/mol. The van der Waals surface area contributed by atoms with E-state index >= 15 is 0 Å². The van der Waals surface area contributed by atoms with E-state index < -0.39 is 54.2 Å². The van der Waals surface area contributed by atoms with E-state index in [0.717, 1.165) is 23.2 Å². The number of nitrogens with one attached hydrogen (secondary N) is 3. The molecule has 0 saturated carbocycles. The minimum absolute atomic E-state index is 0.0218. The maximum absolute atomic E-state index is 14.5. The summed E-state index contributed by atoms with van der Waals surface area (Å²) in [5, 5.41) is 18.8. The van der Waals surface area contributed by atoms with Crippen molar-refractivity contribution in [2.45, 2.75) is 124 Å². The standard InChI is InChI=1S/C48H78N6O8/c1-14-26-54(30-40(62-13)34(8)45(56)50-38(48(59)60)28-36-19-17-16-18-20-36)41(55)29-39(61-12)44(33(7)15-2)53(11)47(58)42(31(3)4)51-46(57)43(32(5)6)52(10)27-25-35-21-23-37(49-9)24-22-35/h16-24,31-34,38-40,42-44,49H,14-15,25-30H2,1-13H3,(H,50,56)(H,51,57)(H,59,60)/t33-,34+,38-,39+,40-,42?,43-,44-/m0/s1. The van der Waals surface area contributed by atoms with Crippen LogP contribution in [0.4, 0.5) is 5.69 Å². The van der Waals surface area contributed by atoms with Gasteiger partial charge in [0.15, 0.2) is 0 Å². The molecule has 1 unspecified atom stereocenters. The van der Waals surface area contributed by atoms with Gasteiger partial charge >= 0.3 is 5.97 Å². The fourth-order valence-corrected chi connectivity index (χ4v) is 8.06. The number of anilines is 1. The molecule has 2 rings (SSSR count). The Morgan fingerprint density at radius 3 is 1.87 bits per heavy atom. The van der Waals surface area contributed by atoms with Crippen LogP contribution in [0.15, 0.2) is 54.6 Å². The number of hydrogen-bond donors (Lipinski definition) is 4. The van der Waals surface area contributed by atoms with E-state index in [2.05, 4.69) is 28.1 Å². The molecule has 0 aliphatic carbocycles. The highest BCUT2D eigenvalue weighted by Crippen LogP contribution is 2.25. The molecule has 2 aromatic rings. The Morgan fingerprint density at radius 1 is 0.758 bits per heavy atom. The van der Waals surface area contributed by atoms with Crippen LogP contribution in [-0.4, -0.2) is 141 Å². The van der Waals surface area contributed by atoms with Crippen LogP contribution in [-0.2, 0) is 46.3 Å². The van der Waals surface area contributed by atoms with Crippen molar-refractivity contribution in [1.82, 2.24) is 25.3 Å². The normalized spacial score (nSPS) is 15.5. The molecular formula is C48H78N6O8. The zero-order valence-corrected chi connectivity index (χ0v) is 39.8. The number of ether oxygens (including phenoxy) is 2. The first-order chi connectivity index (χ1) is 29.3. The fourth-order valence-electron chi connectivity index (χ4n) is 8.06.